The molecule has 1 aromatic rings. The molecule has 1 rings (SSSR count). The average Bonchev–Trinajstić information content (AvgIpc) is 2.37. The lowest BCUT2D eigenvalue weighted by molar-refractivity contribution is 0.0947. The first-order valence-electron chi connectivity index (χ1n) is 5.11. The molecule has 17 heavy (non-hydrogen) atoms. The van der Waals surface area contributed by atoms with Crippen molar-refractivity contribution in [3.63, 3.8) is 0 Å². The number of hydrogen-bond donors (Lipinski definition) is 1. The maximum atomic E-state index is 11.8. The van der Waals surface area contributed by atoms with Crippen LogP contribution in [0.5, 0.6) is 11.5 Å². The molecule has 0 aliphatic heterocycles. The Kier molecular flexibility index (Phi) is 4.41. The largest absolute Gasteiger partial charge is 0.493 e. The number of hydrogen-bond acceptors (Lipinski definition) is 3. The van der Waals surface area contributed by atoms with Crippen LogP contribution in [0, 0.1) is 12.3 Å². The Hall–Kier alpha value is -2.15. The predicted octanol–water partition coefficient (Wildman–Crippen LogP) is 1.46. The van der Waals surface area contributed by atoms with E-state index in [1.807, 2.05) is 0 Å². The van der Waals surface area contributed by atoms with Gasteiger partial charge in [0, 0.05) is 5.56 Å². The number of nitrogens with one attached hydrogen (secondary N) is 1. The number of methoxy groups -OCH3 is 2. The zero-order valence-electron chi connectivity index (χ0n) is 10.1. The second kappa shape index (κ2) is 5.80. The van der Waals surface area contributed by atoms with E-state index in [1.54, 1.807) is 25.1 Å². The van der Waals surface area contributed by atoms with Gasteiger partial charge in [-0.1, -0.05) is 5.92 Å². The lowest BCUT2D eigenvalue weighted by Crippen LogP contribution is -2.31. The fraction of sp³-hybridized carbons (Fsp3) is 0.308. The van der Waals surface area contributed by atoms with Crippen molar-refractivity contribution in [1.82, 2.24) is 5.32 Å². The van der Waals surface area contributed by atoms with Crippen LogP contribution in [0.2, 0.25) is 0 Å². The van der Waals surface area contributed by atoms with E-state index >= 15 is 0 Å². The van der Waals surface area contributed by atoms with Crippen LogP contribution in [-0.4, -0.2) is 26.2 Å². The van der Waals surface area contributed by atoms with E-state index < -0.39 is 0 Å². The Bertz CT molecular complexity index is 448. The molecule has 0 aliphatic rings. The van der Waals surface area contributed by atoms with Gasteiger partial charge in [0.25, 0.3) is 5.91 Å². The Morgan fingerprint density at radius 1 is 1.35 bits per heavy atom. The molecule has 0 spiro atoms. The van der Waals surface area contributed by atoms with Crippen LogP contribution in [0.1, 0.15) is 17.3 Å². The summed E-state index contributed by atoms with van der Waals surface area (Å²) in [6.45, 7) is 1.73. The highest BCUT2D eigenvalue weighted by molar-refractivity contribution is 5.95. The van der Waals surface area contributed by atoms with Crippen LogP contribution in [0.15, 0.2) is 18.2 Å². The number of terminal acetylenes is 1. The molecular weight excluding hydrogens is 218 g/mol. The highest BCUT2D eigenvalue weighted by Crippen LogP contribution is 2.27. The van der Waals surface area contributed by atoms with Gasteiger partial charge in [-0.3, -0.25) is 4.79 Å². The number of carbonyl (C=O) groups is 1. The summed E-state index contributed by atoms with van der Waals surface area (Å²) in [6, 6.07) is 4.63. The van der Waals surface area contributed by atoms with Crippen molar-refractivity contribution in [3.8, 4) is 23.8 Å². The van der Waals surface area contributed by atoms with Crippen molar-refractivity contribution in [2.24, 2.45) is 0 Å². The van der Waals surface area contributed by atoms with Crippen LogP contribution >= 0.6 is 0 Å². The molecule has 0 saturated heterocycles. The third-order valence-corrected chi connectivity index (χ3v) is 2.24. The van der Waals surface area contributed by atoms with Crippen LogP contribution in [0.4, 0.5) is 0 Å². The van der Waals surface area contributed by atoms with Crippen LogP contribution in [0.25, 0.3) is 0 Å². The van der Waals surface area contributed by atoms with Gasteiger partial charge in [-0.2, -0.15) is 0 Å². The molecule has 0 aliphatic carbocycles. The van der Waals surface area contributed by atoms with Crippen LogP contribution in [-0.2, 0) is 0 Å². The fourth-order valence-electron chi connectivity index (χ4n) is 1.30. The average molecular weight is 233 g/mol. The van der Waals surface area contributed by atoms with Crippen molar-refractivity contribution >= 4 is 5.91 Å². The summed E-state index contributed by atoms with van der Waals surface area (Å²) in [4.78, 5) is 11.8. The molecular formula is C13H15NO3. The number of amides is 1. The van der Waals surface area contributed by atoms with E-state index in [1.165, 1.54) is 14.2 Å². The van der Waals surface area contributed by atoms with Gasteiger partial charge in [0.2, 0.25) is 0 Å². The molecule has 1 atom stereocenters. The SMILES string of the molecule is C#CC(C)NC(=O)c1ccc(OC)c(OC)c1. The molecule has 0 heterocycles. The van der Waals surface area contributed by atoms with Crippen molar-refractivity contribution in [2.75, 3.05) is 14.2 Å². The zero-order valence-corrected chi connectivity index (χ0v) is 10.1. The molecule has 90 valence electrons. The first-order chi connectivity index (χ1) is 8.12. The molecule has 0 radical (unpaired) electrons. The minimum absolute atomic E-state index is 0.239. The molecule has 4 nitrogen and oxygen atoms in total. The molecule has 0 aromatic heterocycles. The van der Waals surface area contributed by atoms with E-state index in [2.05, 4.69) is 11.2 Å². The molecule has 0 fully saturated rings. The summed E-state index contributed by atoms with van der Waals surface area (Å²) in [5.74, 6) is 3.28. The molecule has 0 bridgehead atoms. The third-order valence-electron chi connectivity index (χ3n) is 2.24. The normalized spacial score (nSPS) is 11.2. The van der Waals surface area contributed by atoms with E-state index in [-0.39, 0.29) is 11.9 Å². The number of ether oxygens (including phenoxy) is 2. The topological polar surface area (TPSA) is 47.6 Å². The Balaban J connectivity index is 2.93. The first kappa shape index (κ1) is 12.9. The lowest BCUT2D eigenvalue weighted by atomic mass is 10.1. The van der Waals surface area contributed by atoms with Gasteiger partial charge >= 0.3 is 0 Å². The Labute approximate surface area is 101 Å². The van der Waals surface area contributed by atoms with Gasteiger partial charge in [-0.15, -0.1) is 6.42 Å². The predicted molar refractivity (Wildman–Crippen MR) is 65.3 cm³/mol. The standard InChI is InChI=1S/C13H15NO3/c1-5-9(2)14-13(15)10-6-7-11(16-3)12(8-10)17-4/h1,6-9H,2-4H3,(H,14,15). The van der Waals surface area contributed by atoms with E-state index in [0.29, 0.717) is 17.1 Å². The van der Waals surface area contributed by atoms with Gasteiger partial charge in [-0.25, -0.2) is 0 Å². The monoisotopic (exact) mass is 233 g/mol. The summed E-state index contributed by atoms with van der Waals surface area (Å²) in [7, 11) is 3.06. The molecule has 4 heteroatoms. The van der Waals surface area contributed by atoms with Crippen molar-refractivity contribution in [2.45, 2.75) is 13.0 Å². The Morgan fingerprint density at radius 3 is 2.53 bits per heavy atom. The number of rotatable bonds is 4. The van der Waals surface area contributed by atoms with Crippen LogP contribution in [0.3, 0.4) is 0 Å². The number of benzene rings is 1. The third kappa shape index (κ3) is 3.15. The second-order valence-corrected chi connectivity index (χ2v) is 3.43. The van der Waals surface area contributed by atoms with Gasteiger partial charge in [0.15, 0.2) is 11.5 Å². The van der Waals surface area contributed by atoms with Crippen molar-refractivity contribution < 1.29 is 14.3 Å². The highest BCUT2D eigenvalue weighted by Gasteiger charge is 2.11. The lowest BCUT2D eigenvalue weighted by Gasteiger charge is -2.11. The summed E-state index contributed by atoms with van der Waals surface area (Å²) >= 11 is 0. The van der Waals surface area contributed by atoms with Gasteiger partial charge in [0.05, 0.1) is 20.3 Å². The maximum absolute atomic E-state index is 11.8. The van der Waals surface area contributed by atoms with Crippen LogP contribution < -0.4 is 14.8 Å². The van der Waals surface area contributed by atoms with Gasteiger partial charge in [0.1, 0.15) is 0 Å². The van der Waals surface area contributed by atoms with E-state index in [9.17, 15) is 4.79 Å². The van der Waals surface area contributed by atoms with Gasteiger partial charge < -0.3 is 14.8 Å². The zero-order chi connectivity index (χ0) is 12.8. The summed E-state index contributed by atoms with van der Waals surface area (Å²) in [5, 5.41) is 2.66. The molecule has 0 saturated carbocycles. The van der Waals surface area contributed by atoms with Crippen molar-refractivity contribution in [1.29, 1.82) is 0 Å². The summed E-state index contributed by atoms with van der Waals surface area (Å²) in [5.41, 5.74) is 0.477. The summed E-state index contributed by atoms with van der Waals surface area (Å²) < 4.78 is 10.2. The first-order valence-corrected chi connectivity index (χ1v) is 5.11. The minimum atomic E-state index is -0.310. The quantitative estimate of drug-likeness (QED) is 0.801. The summed E-state index contributed by atoms with van der Waals surface area (Å²) in [6.07, 6.45) is 5.19. The van der Waals surface area contributed by atoms with E-state index in [0.717, 1.165) is 0 Å². The maximum Gasteiger partial charge on any atom is 0.252 e. The highest BCUT2D eigenvalue weighted by atomic mass is 16.5. The molecule has 1 unspecified atom stereocenters. The Morgan fingerprint density at radius 2 is 2.00 bits per heavy atom. The minimum Gasteiger partial charge on any atom is -0.493 e. The molecule has 1 amide bonds. The number of carbonyl (C=O) groups excluding carboxylic acids is 1. The second-order valence-electron chi connectivity index (χ2n) is 3.43. The molecule has 1 aromatic carbocycles. The smallest absolute Gasteiger partial charge is 0.252 e. The fourth-order valence-corrected chi connectivity index (χ4v) is 1.30. The molecule has 1 N–H and O–H groups in total. The van der Waals surface area contributed by atoms with E-state index in [4.69, 9.17) is 15.9 Å². The van der Waals surface area contributed by atoms with Gasteiger partial charge in [-0.05, 0) is 25.1 Å². The van der Waals surface area contributed by atoms with Crippen molar-refractivity contribution in [3.05, 3.63) is 23.8 Å².